The van der Waals surface area contributed by atoms with Crippen LogP contribution in [0.4, 0.5) is 5.95 Å². The zero-order chi connectivity index (χ0) is 17.5. The van der Waals surface area contributed by atoms with E-state index in [0.717, 1.165) is 11.1 Å². The van der Waals surface area contributed by atoms with Gasteiger partial charge in [0.15, 0.2) is 0 Å². The number of nitrogens with zero attached hydrogens (tertiary/aromatic N) is 2. The molecule has 128 valence electrons. The third kappa shape index (κ3) is 2.61. The lowest BCUT2D eigenvalue weighted by atomic mass is 9.89. The van der Waals surface area contributed by atoms with Crippen LogP contribution in [-0.4, -0.2) is 35.8 Å². The average molecular weight is 348 g/mol. The molecule has 0 spiro atoms. The van der Waals surface area contributed by atoms with Crippen LogP contribution in [0.3, 0.4) is 0 Å². The maximum atomic E-state index is 12.7. The number of aromatic amines is 1. The number of nitrogens with one attached hydrogen (secondary N) is 1. The number of anilines is 1. The van der Waals surface area contributed by atoms with Crippen LogP contribution in [-0.2, 0) is 22.9 Å². The molecule has 1 aliphatic rings. The van der Waals surface area contributed by atoms with Crippen LogP contribution in [0.15, 0.2) is 27.9 Å². The summed E-state index contributed by atoms with van der Waals surface area (Å²) < 4.78 is 26.8. The first-order valence-electron chi connectivity index (χ1n) is 7.90. The van der Waals surface area contributed by atoms with E-state index in [2.05, 4.69) is 9.97 Å². The SMILES string of the molecule is CCN(CC)S(=O)(=O)c1ccc2c(c1)CCc1nc(N)[nH]c(=O)c1-2. The number of hydrogen-bond donors (Lipinski definition) is 2. The molecule has 0 saturated heterocycles. The Labute approximate surface area is 140 Å². The fraction of sp³-hybridized carbons (Fsp3) is 0.375. The predicted molar refractivity (Wildman–Crippen MR) is 92.2 cm³/mol. The van der Waals surface area contributed by atoms with E-state index in [1.54, 1.807) is 18.2 Å². The number of hydrogen-bond acceptors (Lipinski definition) is 5. The first kappa shape index (κ1) is 16.7. The fourth-order valence-corrected chi connectivity index (χ4v) is 4.65. The standard InChI is InChI=1S/C16H20N4O3S/c1-3-20(4-2)24(22,23)11-6-7-12-10(9-11)5-8-13-14(12)15(21)19-16(17)18-13/h6-7,9H,3-5,8H2,1-2H3,(H3,17,18,19,21). The average Bonchev–Trinajstić information content (AvgIpc) is 2.54. The first-order valence-corrected chi connectivity index (χ1v) is 9.34. The second-order valence-electron chi connectivity index (χ2n) is 5.68. The second-order valence-corrected chi connectivity index (χ2v) is 7.62. The van der Waals surface area contributed by atoms with Gasteiger partial charge >= 0.3 is 0 Å². The minimum atomic E-state index is -3.52. The largest absolute Gasteiger partial charge is 0.369 e. The van der Waals surface area contributed by atoms with Gasteiger partial charge in [0.05, 0.1) is 16.2 Å². The minimum Gasteiger partial charge on any atom is -0.369 e. The number of nitrogen functional groups attached to an aromatic ring is 1. The van der Waals surface area contributed by atoms with Crippen molar-refractivity contribution in [3.63, 3.8) is 0 Å². The van der Waals surface area contributed by atoms with Crippen LogP contribution >= 0.6 is 0 Å². The van der Waals surface area contributed by atoms with Gasteiger partial charge in [0, 0.05) is 13.1 Å². The van der Waals surface area contributed by atoms with Crippen molar-refractivity contribution >= 4 is 16.0 Å². The van der Waals surface area contributed by atoms with Crippen LogP contribution in [0.1, 0.15) is 25.1 Å². The van der Waals surface area contributed by atoms with Crippen LogP contribution in [0.25, 0.3) is 11.1 Å². The summed E-state index contributed by atoms with van der Waals surface area (Å²) in [4.78, 5) is 19.2. The lowest BCUT2D eigenvalue weighted by Crippen LogP contribution is -2.30. The molecule has 24 heavy (non-hydrogen) atoms. The molecule has 1 heterocycles. The molecular formula is C16H20N4O3S. The van der Waals surface area contributed by atoms with Gasteiger partial charge in [-0.15, -0.1) is 0 Å². The normalized spacial score (nSPS) is 13.6. The molecule has 1 aromatic heterocycles. The Hall–Kier alpha value is -2.19. The number of H-pyrrole nitrogens is 1. The lowest BCUT2D eigenvalue weighted by molar-refractivity contribution is 0.445. The summed E-state index contributed by atoms with van der Waals surface area (Å²) >= 11 is 0. The van der Waals surface area contributed by atoms with Crippen molar-refractivity contribution in [2.45, 2.75) is 31.6 Å². The van der Waals surface area contributed by atoms with Crippen molar-refractivity contribution in [1.29, 1.82) is 0 Å². The van der Waals surface area contributed by atoms with Gasteiger partial charge in [-0.1, -0.05) is 19.9 Å². The molecule has 1 aromatic carbocycles. The van der Waals surface area contributed by atoms with E-state index in [0.29, 0.717) is 37.2 Å². The Balaban J connectivity index is 2.13. The van der Waals surface area contributed by atoms with Gasteiger partial charge in [-0.3, -0.25) is 9.78 Å². The summed E-state index contributed by atoms with van der Waals surface area (Å²) in [5.74, 6) is 0.0999. The Bertz CT molecular complexity index is 946. The molecule has 3 rings (SSSR count). The number of sulfonamides is 1. The van der Waals surface area contributed by atoms with Gasteiger partial charge in [-0.25, -0.2) is 13.4 Å². The van der Waals surface area contributed by atoms with Crippen LogP contribution in [0.5, 0.6) is 0 Å². The zero-order valence-corrected chi connectivity index (χ0v) is 14.5. The fourth-order valence-electron chi connectivity index (χ4n) is 3.14. The molecule has 0 radical (unpaired) electrons. The van der Waals surface area contributed by atoms with Crippen LogP contribution in [0.2, 0.25) is 0 Å². The van der Waals surface area contributed by atoms with Gasteiger partial charge in [0.1, 0.15) is 0 Å². The van der Waals surface area contributed by atoms with E-state index in [1.165, 1.54) is 4.31 Å². The molecule has 0 amide bonds. The maximum Gasteiger partial charge on any atom is 0.260 e. The Morgan fingerprint density at radius 1 is 1.25 bits per heavy atom. The quantitative estimate of drug-likeness (QED) is 0.861. The third-order valence-corrected chi connectivity index (χ3v) is 6.38. The molecule has 0 aliphatic heterocycles. The highest BCUT2D eigenvalue weighted by molar-refractivity contribution is 7.89. The van der Waals surface area contributed by atoms with Gasteiger partial charge in [-0.2, -0.15) is 4.31 Å². The molecule has 3 N–H and O–H groups in total. The Morgan fingerprint density at radius 3 is 2.62 bits per heavy atom. The van der Waals surface area contributed by atoms with Crippen LogP contribution in [0, 0.1) is 0 Å². The van der Waals surface area contributed by atoms with E-state index in [9.17, 15) is 13.2 Å². The molecule has 8 heteroatoms. The smallest absolute Gasteiger partial charge is 0.260 e. The Morgan fingerprint density at radius 2 is 1.96 bits per heavy atom. The number of fused-ring (bicyclic) bond motifs is 3. The van der Waals surface area contributed by atoms with E-state index in [4.69, 9.17) is 5.73 Å². The molecule has 0 bridgehead atoms. The van der Waals surface area contributed by atoms with E-state index >= 15 is 0 Å². The highest BCUT2D eigenvalue weighted by atomic mass is 32.2. The molecule has 7 nitrogen and oxygen atoms in total. The van der Waals surface area contributed by atoms with Crippen molar-refractivity contribution in [3.05, 3.63) is 39.8 Å². The molecule has 1 aliphatic carbocycles. The summed E-state index contributed by atoms with van der Waals surface area (Å²) in [5, 5.41) is 0. The van der Waals surface area contributed by atoms with E-state index in [-0.39, 0.29) is 16.4 Å². The topological polar surface area (TPSA) is 109 Å². The lowest BCUT2D eigenvalue weighted by Gasteiger charge is -2.22. The molecular weight excluding hydrogens is 328 g/mol. The number of aromatic nitrogens is 2. The minimum absolute atomic E-state index is 0.0999. The molecule has 0 atom stereocenters. The number of nitrogens with two attached hydrogens (primary N) is 1. The van der Waals surface area contributed by atoms with Gasteiger partial charge < -0.3 is 5.73 Å². The number of benzene rings is 1. The third-order valence-electron chi connectivity index (χ3n) is 4.33. The van der Waals surface area contributed by atoms with Crippen molar-refractivity contribution in [2.24, 2.45) is 0 Å². The molecule has 0 fully saturated rings. The van der Waals surface area contributed by atoms with Crippen molar-refractivity contribution in [3.8, 4) is 11.1 Å². The van der Waals surface area contributed by atoms with Crippen LogP contribution < -0.4 is 11.3 Å². The highest BCUT2D eigenvalue weighted by Gasteiger charge is 2.26. The van der Waals surface area contributed by atoms with Crippen molar-refractivity contribution in [1.82, 2.24) is 14.3 Å². The Kier molecular flexibility index (Phi) is 4.18. The summed E-state index contributed by atoms with van der Waals surface area (Å²) in [5.41, 5.74) is 8.01. The molecule has 0 unspecified atom stereocenters. The summed E-state index contributed by atoms with van der Waals surface area (Å²) in [6.45, 7) is 4.46. The van der Waals surface area contributed by atoms with Crippen molar-refractivity contribution < 1.29 is 8.42 Å². The second kappa shape index (κ2) is 6.03. The first-order chi connectivity index (χ1) is 11.4. The zero-order valence-electron chi connectivity index (χ0n) is 13.7. The molecule has 0 saturated carbocycles. The van der Waals surface area contributed by atoms with E-state index < -0.39 is 10.0 Å². The monoisotopic (exact) mass is 348 g/mol. The predicted octanol–water partition coefficient (Wildman–Crippen LogP) is 1.15. The summed E-state index contributed by atoms with van der Waals surface area (Å²) in [6, 6.07) is 4.91. The highest BCUT2D eigenvalue weighted by Crippen LogP contribution is 2.32. The molecule has 2 aromatic rings. The number of rotatable bonds is 4. The van der Waals surface area contributed by atoms with Gasteiger partial charge in [-0.05, 0) is 36.1 Å². The summed E-state index contributed by atoms with van der Waals surface area (Å²) in [7, 11) is -3.52. The van der Waals surface area contributed by atoms with Crippen molar-refractivity contribution in [2.75, 3.05) is 18.8 Å². The summed E-state index contributed by atoms with van der Waals surface area (Å²) in [6.07, 6.45) is 1.19. The van der Waals surface area contributed by atoms with Gasteiger partial charge in [0.25, 0.3) is 5.56 Å². The van der Waals surface area contributed by atoms with Gasteiger partial charge in [0.2, 0.25) is 16.0 Å². The maximum absolute atomic E-state index is 12.7. The van der Waals surface area contributed by atoms with E-state index in [1.807, 2.05) is 13.8 Å². The number of aryl methyl sites for hydroxylation is 2.